The van der Waals surface area contributed by atoms with E-state index in [2.05, 4.69) is 33.8 Å². The lowest BCUT2D eigenvalue weighted by Gasteiger charge is -2.16. The minimum absolute atomic E-state index is 0.126. The fourth-order valence-electron chi connectivity index (χ4n) is 3.62. The molecule has 2 aromatic carbocycles. The highest BCUT2D eigenvalue weighted by atomic mass is 16.5. The van der Waals surface area contributed by atoms with Crippen molar-refractivity contribution in [3.8, 4) is 0 Å². The number of hydrogen-bond acceptors (Lipinski definition) is 7. The molecule has 7 heteroatoms. The number of nitrogens with two attached hydrogens (primary N) is 2. The molecule has 0 fully saturated rings. The van der Waals surface area contributed by atoms with E-state index in [1.807, 2.05) is 18.2 Å². The van der Waals surface area contributed by atoms with Crippen molar-refractivity contribution in [2.45, 2.75) is 19.0 Å². The van der Waals surface area contributed by atoms with Crippen molar-refractivity contribution in [2.75, 3.05) is 38.4 Å². The topological polar surface area (TPSA) is 122 Å². The van der Waals surface area contributed by atoms with Gasteiger partial charge in [0.05, 0.1) is 18.4 Å². The second-order valence-electron chi connectivity index (χ2n) is 7.29. The third-order valence-electron chi connectivity index (χ3n) is 5.21. The van der Waals surface area contributed by atoms with Gasteiger partial charge in [0.1, 0.15) is 0 Å². The van der Waals surface area contributed by atoms with E-state index in [1.165, 1.54) is 17.3 Å². The van der Waals surface area contributed by atoms with Crippen molar-refractivity contribution in [3.05, 3.63) is 64.9 Å². The van der Waals surface area contributed by atoms with Crippen molar-refractivity contribution in [1.29, 1.82) is 5.41 Å². The first-order valence-electron chi connectivity index (χ1n) is 9.98. The Kier molecular flexibility index (Phi) is 7.21. The highest BCUT2D eigenvalue weighted by Gasteiger charge is 2.26. The fraction of sp³-hybridized carbons (Fsp3) is 0.304. The molecule has 158 valence electrons. The summed E-state index contributed by atoms with van der Waals surface area (Å²) < 4.78 is 5.07. The summed E-state index contributed by atoms with van der Waals surface area (Å²) in [6.07, 6.45) is 3.96. The van der Waals surface area contributed by atoms with Gasteiger partial charge in [0.25, 0.3) is 0 Å². The zero-order valence-corrected chi connectivity index (χ0v) is 17.5. The summed E-state index contributed by atoms with van der Waals surface area (Å²) in [7, 11) is 3.40. The maximum absolute atomic E-state index is 8.80. The minimum atomic E-state index is -0.126. The highest BCUT2D eigenvalue weighted by Crippen LogP contribution is 2.30. The molecular weight excluding hydrogens is 376 g/mol. The summed E-state index contributed by atoms with van der Waals surface area (Å²) in [5.74, 6) is 0. The van der Waals surface area contributed by atoms with Crippen molar-refractivity contribution >= 4 is 28.9 Å². The van der Waals surface area contributed by atoms with E-state index in [4.69, 9.17) is 21.6 Å². The zero-order valence-electron chi connectivity index (χ0n) is 17.5. The van der Waals surface area contributed by atoms with E-state index in [1.54, 1.807) is 20.4 Å². The van der Waals surface area contributed by atoms with Gasteiger partial charge in [0.2, 0.25) is 0 Å². The largest absolute Gasteiger partial charge is 0.404 e. The number of fused-ring (bicyclic) bond motifs is 1. The third kappa shape index (κ3) is 4.87. The molecule has 0 aliphatic carbocycles. The van der Waals surface area contributed by atoms with Gasteiger partial charge in [-0.05, 0) is 34.9 Å². The van der Waals surface area contributed by atoms with Crippen LogP contribution in [0.15, 0.2) is 47.6 Å². The van der Waals surface area contributed by atoms with Gasteiger partial charge in [0.15, 0.2) is 0 Å². The highest BCUT2D eigenvalue weighted by molar-refractivity contribution is 6.12. The van der Waals surface area contributed by atoms with Crippen LogP contribution in [0.4, 0.5) is 11.4 Å². The molecule has 0 radical (unpaired) electrons. The summed E-state index contributed by atoms with van der Waals surface area (Å²) >= 11 is 0. The van der Waals surface area contributed by atoms with Gasteiger partial charge in [-0.15, -0.1) is 0 Å². The number of allylic oxidation sites excluding steroid dienone is 1. The number of rotatable bonds is 9. The Morgan fingerprint density at radius 1 is 1.33 bits per heavy atom. The molecule has 0 saturated heterocycles. The quantitative estimate of drug-likeness (QED) is 0.249. The Hall–Kier alpha value is -3.16. The molecule has 0 spiro atoms. The summed E-state index contributed by atoms with van der Waals surface area (Å²) in [4.78, 5) is 4.04. The Bertz CT molecular complexity index is 966. The van der Waals surface area contributed by atoms with Crippen LogP contribution in [0, 0.1) is 5.41 Å². The van der Waals surface area contributed by atoms with E-state index < -0.39 is 0 Å². The molecule has 2 aromatic rings. The van der Waals surface area contributed by atoms with E-state index in [-0.39, 0.29) is 6.04 Å². The number of hydrogen-bond donors (Lipinski definition) is 5. The van der Waals surface area contributed by atoms with Gasteiger partial charge in [-0.1, -0.05) is 18.2 Å². The number of nitrogen functional groups attached to an aromatic ring is 1. The second kappa shape index (κ2) is 10.0. The van der Waals surface area contributed by atoms with Crippen LogP contribution < -0.4 is 22.1 Å². The fourth-order valence-corrected chi connectivity index (χ4v) is 3.62. The van der Waals surface area contributed by atoms with Gasteiger partial charge in [-0.3, -0.25) is 4.99 Å². The zero-order chi connectivity index (χ0) is 21.5. The number of benzene rings is 2. The molecule has 1 atom stereocenters. The summed E-state index contributed by atoms with van der Waals surface area (Å²) in [5, 5.41) is 15.6. The number of ether oxygens (including phenoxy) is 1. The van der Waals surface area contributed by atoms with E-state index in [9.17, 15) is 0 Å². The predicted molar refractivity (Wildman–Crippen MR) is 125 cm³/mol. The molecule has 1 unspecified atom stereocenters. The predicted octanol–water partition coefficient (Wildman–Crippen LogP) is 2.41. The molecule has 7 N–H and O–H groups in total. The number of nitrogens with one attached hydrogen (secondary N) is 3. The van der Waals surface area contributed by atoms with Crippen molar-refractivity contribution in [3.63, 3.8) is 0 Å². The summed E-state index contributed by atoms with van der Waals surface area (Å²) in [6.45, 7) is 2.30. The molecule has 0 amide bonds. The van der Waals surface area contributed by atoms with Gasteiger partial charge in [-0.25, -0.2) is 0 Å². The number of nitrogens with zero attached hydrogens (tertiary/aromatic N) is 1. The molecule has 1 heterocycles. The Balaban J connectivity index is 1.75. The Labute approximate surface area is 177 Å². The van der Waals surface area contributed by atoms with Crippen LogP contribution in [0.5, 0.6) is 0 Å². The van der Waals surface area contributed by atoms with E-state index in [0.29, 0.717) is 23.6 Å². The summed E-state index contributed by atoms with van der Waals surface area (Å²) in [6, 6.07) is 11.9. The standard InChI is InChI=1S/C23H30N6O/c1-27-14-18(12-24)16-4-5-20(25)19(10-16)23(26)22-11-17-9-15(3-6-21(17)29-22)13-28-7-8-30-2/h3-6,9-10,12,14,22,26,28-29H,7-8,11,13,24-25H2,1-2H3. The average Bonchev–Trinajstić information content (AvgIpc) is 3.18. The maximum atomic E-state index is 8.80. The van der Waals surface area contributed by atoms with Crippen LogP contribution >= 0.6 is 0 Å². The second-order valence-corrected chi connectivity index (χ2v) is 7.29. The molecule has 7 nitrogen and oxygen atoms in total. The molecule has 0 saturated carbocycles. The van der Waals surface area contributed by atoms with E-state index >= 15 is 0 Å². The van der Waals surface area contributed by atoms with E-state index in [0.717, 1.165) is 36.3 Å². The maximum Gasteiger partial charge on any atom is 0.0726 e. The lowest BCUT2D eigenvalue weighted by molar-refractivity contribution is 0.199. The normalized spacial score (nSPS) is 15.9. The van der Waals surface area contributed by atoms with Crippen LogP contribution in [-0.4, -0.2) is 45.3 Å². The van der Waals surface area contributed by atoms with Gasteiger partial charge in [0, 0.05) is 68.6 Å². The summed E-state index contributed by atoms with van der Waals surface area (Å²) in [5.41, 5.74) is 18.9. The van der Waals surface area contributed by atoms with Crippen LogP contribution in [0.25, 0.3) is 5.57 Å². The number of anilines is 2. The van der Waals surface area contributed by atoms with Crippen LogP contribution in [0.3, 0.4) is 0 Å². The molecular formula is C23H30N6O. The van der Waals surface area contributed by atoms with Crippen LogP contribution in [0.2, 0.25) is 0 Å². The molecule has 1 aliphatic rings. The van der Waals surface area contributed by atoms with Crippen molar-refractivity contribution in [2.24, 2.45) is 10.7 Å². The smallest absolute Gasteiger partial charge is 0.0726 e. The van der Waals surface area contributed by atoms with Gasteiger partial charge >= 0.3 is 0 Å². The first kappa shape index (κ1) is 21.5. The van der Waals surface area contributed by atoms with Gasteiger partial charge < -0.3 is 32.2 Å². The Morgan fingerprint density at radius 2 is 2.17 bits per heavy atom. The average molecular weight is 407 g/mol. The lowest BCUT2D eigenvalue weighted by atomic mass is 9.95. The molecule has 1 aliphatic heterocycles. The Morgan fingerprint density at radius 3 is 2.90 bits per heavy atom. The molecule has 0 bridgehead atoms. The molecule has 3 rings (SSSR count). The number of aliphatic imine (C=N–C) groups is 1. The van der Waals surface area contributed by atoms with Crippen molar-refractivity contribution < 1.29 is 4.74 Å². The SMILES string of the molecule is CN=CC(=CN)c1ccc(N)c(C(=N)C2Cc3cc(CNCCOC)ccc3N2)c1. The van der Waals surface area contributed by atoms with Crippen LogP contribution in [-0.2, 0) is 17.7 Å². The van der Waals surface area contributed by atoms with Gasteiger partial charge in [-0.2, -0.15) is 0 Å². The van der Waals surface area contributed by atoms with Crippen molar-refractivity contribution in [1.82, 2.24) is 5.32 Å². The van der Waals surface area contributed by atoms with Crippen LogP contribution in [0.1, 0.15) is 22.3 Å². The minimum Gasteiger partial charge on any atom is -0.404 e. The lowest BCUT2D eigenvalue weighted by Crippen LogP contribution is -2.28. The molecule has 30 heavy (non-hydrogen) atoms. The number of methoxy groups -OCH3 is 1. The monoisotopic (exact) mass is 406 g/mol. The first-order valence-corrected chi connectivity index (χ1v) is 9.98. The third-order valence-corrected chi connectivity index (χ3v) is 5.21. The molecule has 0 aromatic heterocycles. The first-order chi connectivity index (χ1) is 14.6.